The molecule has 1 aromatic heterocycles. The number of nitriles is 1. The third kappa shape index (κ3) is 2.74. The van der Waals surface area contributed by atoms with Crippen LogP contribution in [-0.4, -0.2) is 9.97 Å². The maximum Gasteiger partial charge on any atom is 0.182 e. The lowest BCUT2D eigenvalue weighted by atomic mass is 10.1. The van der Waals surface area contributed by atoms with E-state index in [-0.39, 0.29) is 0 Å². The van der Waals surface area contributed by atoms with Crippen molar-refractivity contribution in [2.75, 3.05) is 10.6 Å². The largest absolute Gasteiger partial charge is 0.340 e. The number of hydrogen-bond donors (Lipinski definition) is 2. The molecule has 0 aliphatic rings. The van der Waals surface area contributed by atoms with Gasteiger partial charge in [0.1, 0.15) is 18.0 Å². The highest BCUT2D eigenvalue weighted by Crippen LogP contribution is 2.20. The second-order valence-corrected chi connectivity index (χ2v) is 3.66. The number of nitrogens with zero attached hydrogens (tertiary/aromatic N) is 3. The monoisotopic (exact) mass is 239 g/mol. The molecule has 1 aromatic carbocycles. The van der Waals surface area contributed by atoms with Crippen LogP contribution in [0.25, 0.3) is 0 Å². The highest BCUT2D eigenvalue weighted by atomic mass is 15.1. The first-order valence-corrected chi connectivity index (χ1v) is 5.65. The molecule has 2 aromatic rings. The number of aromatic nitrogens is 2. The van der Waals surface area contributed by atoms with Crippen LogP contribution in [0, 0.1) is 11.5 Å². The van der Waals surface area contributed by atoms with Crippen LogP contribution >= 0.6 is 0 Å². The number of benzene rings is 1. The van der Waals surface area contributed by atoms with Gasteiger partial charge in [-0.1, -0.05) is 25.1 Å². The highest BCUT2D eigenvalue weighted by Gasteiger charge is 2.02. The van der Waals surface area contributed by atoms with E-state index >= 15 is 0 Å². The molecule has 0 spiro atoms. The Balaban J connectivity index is 2.23. The van der Waals surface area contributed by atoms with Gasteiger partial charge in [0.25, 0.3) is 0 Å². The summed E-state index contributed by atoms with van der Waals surface area (Å²) in [5, 5.41) is 14.2. The van der Waals surface area contributed by atoms with Gasteiger partial charge in [-0.2, -0.15) is 5.26 Å². The maximum absolute atomic E-state index is 8.54. The van der Waals surface area contributed by atoms with Gasteiger partial charge in [-0.05, 0) is 18.1 Å². The van der Waals surface area contributed by atoms with Crippen molar-refractivity contribution in [1.29, 1.82) is 5.26 Å². The van der Waals surface area contributed by atoms with Gasteiger partial charge in [-0.25, -0.2) is 9.97 Å². The predicted molar refractivity (Wildman–Crippen MR) is 70.4 cm³/mol. The predicted octanol–water partition coefficient (Wildman–Crippen LogP) is 2.68. The minimum Gasteiger partial charge on any atom is -0.340 e. The van der Waals surface area contributed by atoms with Gasteiger partial charge in [0.15, 0.2) is 6.19 Å². The van der Waals surface area contributed by atoms with Crippen molar-refractivity contribution in [2.24, 2.45) is 0 Å². The van der Waals surface area contributed by atoms with Crippen LogP contribution in [-0.2, 0) is 6.42 Å². The second kappa shape index (κ2) is 5.64. The molecule has 0 amide bonds. The molecule has 0 fully saturated rings. The van der Waals surface area contributed by atoms with Gasteiger partial charge in [0, 0.05) is 11.8 Å². The topological polar surface area (TPSA) is 73.6 Å². The molecule has 0 saturated heterocycles. The zero-order valence-corrected chi connectivity index (χ0v) is 10.0. The molecule has 90 valence electrons. The summed E-state index contributed by atoms with van der Waals surface area (Å²) in [6, 6.07) is 9.73. The van der Waals surface area contributed by atoms with Crippen LogP contribution in [0.1, 0.15) is 12.5 Å². The minimum atomic E-state index is 0.476. The van der Waals surface area contributed by atoms with E-state index in [1.807, 2.05) is 24.4 Å². The number of anilines is 3. The van der Waals surface area contributed by atoms with Gasteiger partial charge in [0.05, 0.1) is 0 Å². The van der Waals surface area contributed by atoms with E-state index in [0.29, 0.717) is 11.6 Å². The van der Waals surface area contributed by atoms with Crippen molar-refractivity contribution in [3.8, 4) is 6.19 Å². The van der Waals surface area contributed by atoms with E-state index in [9.17, 15) is 0 Å². The number of hydrogen-bond acceptors (Lipinski definition) is 5. The normalized spacial score (nSPS) is 9.56. The molecular weight excluding hydrogens is 226 g/mol. The van der Waals surface area contributed by atoms with Gasteiger partial charge in [-0.3, -0.25) is 5.32 Å². The molecule has 0 radical (unpaired) electrons. The summed E-state index contributed by atoms with van der Waals surface area (Å²) in [7, 11) is 0. The Labute approximate surface area is 106 Å². The summed E-state index contributed by atoms with van der Waals surface area (Å²) in [6.45, 7) is 2.10. The third-order valence-electron chi connectivity index (χ3n) is 2.51. The molecule has 5 nitrogen and oxygen atoms in total. The van der Waals surface area contributed by atoms with E-state index in [1.165, 1.54) is 11.9 Å². The highest BCUT2D eigenvalue weighted by molar-refractivity contribution is 5.62. The van der Waals surface area contributed by atoms with E-state index in [4.69, 9.17) is 5.26 Å². The molecule has 2 N–H and O–H groups in total. The Morgan fingerprint density at radius 3 is 2.78 bits per heavy atom. The molecule has 0 aliphatic heterocycles. The Morgan fingerprint density at radius 2 is 2.00 bits per heavy atom. The smallest absolute Gasteiger partial charge is 0.182 e. The second-order valence-electron chi connectivity index (χ2n) is 3.66. The standard InChI is InChI=1S/C13H13N5/c1-2-10-5-3-4-6-11(10)18-13-7-12(15-8-14)16-9-17-13/h3-7,9H,2H2,1H3,(H2,15,16,17,18). The molecule has 18 heavy (non-hydrogen) atoms. The lowest BCUT2D eigenvalue weighted by Gasteiger charge is -2.10. The van der Waals surface area contributed by atoms with Gasteiger partial charge >= 0.3 is 0 Å². The molecule has 0 unspecified atom stereocenters. The Hall–Kier alpha value is -2.61. The van der Waals surface area contributed by atoms with Crippen molar-refractivity contribution in [2.45, 2.75) is 13.3 Å². The summed E-state index contributed by atoms with van der Waals surface area (Å²) < 4.78 is 0. The van der Waals surface area contributed by atoms with Gasteiger partial charge in [0.2, 0.25) is 0 Å². The minimum absolute atomic E-state index is 0.476. The Kier molecular flexibility index (Phi) is 3.72. The average molecular weight is 239 g/mol. The first-order valence-electron chi connectivity index (χ1n) is 5.65. The molecule has 2 rings (SSSR count). The quantitative estimate of drug-likeness (QED) is 0.633. The molecule has 0 saturated carbocycles. The van der Waals surface area contributed by atoms with Crippen LogP contribution in [0.15, 0.2) is 36.7 Å². The number of nitrogens with one attached hydrogen (secondary N) is 2. The average Bonchev–Trinajstić information content (AvgIpc) is 2.40. The van der Waals surface area contributed by atoms with Gasteiger partial charge < -0.3 is 5.32 Å². The fourth-order valence-corrected chi connectivity index (χ4v) is 1.64. The summed E-state index contributed by atoms with van der Waals surface area (Å²) >= 11 is 0. The van der Waals surface area contributed by atoms with Crippen molar-refractivity contribution < 1.29 is 0 Å². The lowest BCUT2D eigenvalue weighted by Crippen LogP contribution is -1.99. The van der Waals surface area contributed by atoms with E-state index in [0.717, 1.165) is 12.1 Å². The van der Waals surface area contributed by atoms with E-state index in [2.05, 4.69) is 33.6 Å². The summed E-state index contributed by atoms with van der Waals surface area (Å²) in [5.74, 6) is 1.13. The van der Waals surface area contributed by atoms with E-state index < -0.39 is 0 Å². The van der Waals surface area contributed by atoms with Crippen molar-refractivity contribution in [1.82, 2.24) is 9.97 Å². The Bertz CT molecular complexity index is 574. The summed E-state index contributed by atoms with van der Waals surface area (Å²) in [5.41, 5.74) is 2.23. The number of aryl methyl sites for hydroxylation is 1. The molecule has 0 aliphatic carbocycles. The van der Waals surface area contributed by atoms with Crippen LogP contribution in [0.2, 0.25) is 0 Å². The van der Waals surface area contributed by atoms with Crippen molar-refractivity contribution >= 4 is 17.3 Å². The van der Waals surface area contributed by atoms with Crippen LogP contribution < -0.4 is 10.6 Å². The molecular formula is C13H13N5. The molecule has 5 heteroatoms. The van der Waals surface area contributed by atoms with Crippen molar-refractivity contribution in [3.63, 3.8) is 0 Å². The first kappa shape index (κ1) is 11.9. The zero-order chi connectivity index (χ0) is 12.8. The molecule has 0 atom stereocenters. The van der Waals surface area contributed by atoms with Crippen LogP contribution in [0.3, 0.4) is 0 Å². The van der Waals surface area contributed by atoms with E-state index in [1.54, 1.807) is 6.07 Å². The fraction of sp³-hybridized carbons (Fsp3) is 0.154. The van der Waals surface area contributed by atoms with Crippen molar-refractivity contribution in [3.05, 3.63) is 42.2 Å². The SMILES string of the molecule is CCc1ccccc1Nc1cc(NC#N)ncn1. The Morgan fingerprint density at radius 1 is 1.22 bits per heavy atom. The summed E-state index contributed by atoms with van der Waals surface area (Å²) in [6.07, 6.45) is 4.18. The van der Waals surface area contributed by atoms with Crippen LogP contribution in [0.5, 0.6) is 0 Å². The fourth-order valence-electron chi connectivity index (χ4n) is 1.64. The zero-order valence-electron chi connectivity index (χ0n) is 10.0. The maximum atomic E-state index is 8.54. The molecule has 1 heterocycles. The van der Waals surface area contributed by atoms with Crippen LogP contribution in [0.4, 0.5) is 17.3 Å². The lowest BCUT2D eigenvalue weighted by molar-refractivity contribution is 1.13. The molecule has 0 bridgehead atoms. The van der Waals surface area contributed by atoms with Gasteiger partial charge in [-0.15, -0.1) is 0 Å². The summed E-state index contributed by atoms with van der Waals surface area (Å²) in [4.78, 5) is 8.05. The number of rotatable bonds is 4. The third-order valence-corrected chi connectivity index (χ3v) is 2.51. The number of para-hydroxylation sites is 1. The first-order chi connectivity index (χ1) is 8.83.